The van der Waals surface area contributed by atoms with Crippen LogP contribution in [-0.2, 0) is 0 Å². The molecule has 2 atom stereocenters. The van der Waals surface area contributed by atoms with Crippen LogP contribution in [0.3, 0.4) is 0 Å². The normalized spacial score (nSPS) is 19.9. The Kier molecular flexibility index (Phi) is 3.10. The van der Waals surface area contributed by atoms with Gasteiger partial charge in [-0.1, -0.05) is 30.3 Å². The van der Waals surface area contributed by atoms with E-state index in [9.17, 15) is 9.90 Å². The van der Waals surface area contributed by atoms with Gasteiger partial charge in [0.25, 0.3) is 0 Å². The summed E-state index contributed by atoms with van der Waals surface area (Å²) in [6, 6.07) is 13.4. The number of β-amino-alcohol motifs (C(OH)–C–C–N with tert-alkyl or cyclic N) is 1. The number of carbonyl (C=O) groups is 1. The highest BCUT2D eigenvalue weighted by molar-refractivity contribution is 5.80. The Morgan fingerprint density at radius 2 is 1.90 bits per heavy atom. The number of nitrogens with zero attached hydrogens (tertiary/aromatic N) is 2. The molecular formula is C16H18N2O2. The van der Waals surface area contributed by atoms with Crippen molar-refractivity contribution in [3.8, 4) is 0 Å². The van der Waals surface area contributed by atoms with E-state index in [2.05, 4.69) is 0 Å². The van der Waals surface area contributed by atoms with Crippen LogP contribution in [0.25, 0.3) is 0 Å². The summed E-state index contributed by atoms with van der Waals surface area (Å²) in [5.41, 5.74) is 2.61. The minimum atomic E-state index is -0.632. The fourth-order valence-electron chi connectivity index (χ4n) is 2.80. The third-order valence-corrected chi connectivity index (χ3v) is 4.00. The van der Waals surface area contributed by atoms with Crippen LogP contribution in [0, 0.1) is 6.92 Å². The van der Waals surface area contributed by atoms with Crippen LogP contribution < -0.4 is 0 Å². The van der Waals surface area contributed by atoms with Crippen molar-refractivity contribution in [3.05, 3.63) is 59.4 Å². The molecule has 0 radical (unpaired) electrons. The maximum atomic E-state index is 12.6. The van der Waals surface area contributed by atoms with Gasteiger partial charge in [0.05, 0.1) is 18.3 Å². The van der Waals surface area contributed by atoms with Gasteiger partial charge in [-0.2, -0.15) is 0 Å². The first kappa shape index (κ1) is 12.9. The molecule has 4 heteroatoms. The van der Waals surface area contributed by atoms with Crippen molar-refractivity contribution in [2.24, 2.45) is 0 Å². The van der Waals surface area contributed by atoms with Crippen LogP contribution in [0.1, 0.15) is 36.0 Å². The molecule has 2 heterocycles. The maximum Gasteiger partial charge on any atom is 0.329 e. The van der Waals surface area contributed by atoms with Crippen LogP contribution in [0.4, 0.5) is 4.79 Å². The van der Waals surface area contributed by atoms with Gasteiger partial charge in [-0.15, -0.1) is 0 Å². The van der Waals surface area contributed by atoms with E-state index in [1.165, 1.54) is 0 Å². The zero-order valence-corrected chi connectivity index (χ0v) is 11.7. The molecule has 4 nitrogen and oxygen atoms in total. The second-order valence-electron chi connectivity index (χ2n) is 5.27. The Morgan fingerprint density at radius 1 is 1.20 bits per heavy atom. The van der Waals surface area contributed by atoms with Crippen LogP contribution >= 0.6 is 0 Å². The number of aliphatic hydroxyl groups excluding tert-OH is 1. The van der Waals surface area contributed by atoms with Gasteiger partial charge in [0.15, 0.2) is 0 Å². The Bertz CT molecular complexity index is 633. The van der Waals surface area contributed by atoms with E-state index in [4.69, 9.17) is 0 Å². The molecule has 1 aromatic carbocycles. The zero-order valence-electron chi connectivity index (χ0n) is 11.7. The van der Waals surface area contributed by atoms with E-state index in [0.29, 0.717) is 12.2 Å². The Balaban J connectivity index is 1.97. The Labute approximate surface area is 118 Å². The monoisotopic (exact) mass is 270 g/mol. The second-order valence-corrected chi connectivity index (χ2v) is 5.27. The average molecular weight is 270 g/mol. The van der Waals surface area contributed by atoms with E-state index >= 15 is 0 Å². The average Bonchev–Trinajstić information content (AvgIpc) is 2.86. The molecular weight excluding hydrogens is 252 g/mol. The fraction of sp³-hybridized carbons (Fsp3) is 0.312. The number of amides is 1. The highest BCUT2D eigenvalue weighted by Gasteiger charge is 2.33. The lowest BCUT2D eigenvalue weighted by atomic mass is 10.1. The Morgan fingerprint density at radius 3 is 2.60 bits per heavy atom. The third-order valence-electron chi connectivity index (χ3n) is 4.00. The maximum absolute atomic E-state index is 12.6. The summed E-state index contributed by atoms with van der Waals surface area (Å²) >= 11 is 0. The van der Waals surface area contributed by atoms with Crippen molar-refractivity contribution in [1.29, 1.82) is 0 Å². The summed E-state index contributed by atoms with van der Waals surface area (Å²) in [5, 5.41) is 10.2. The Hall–Kier alpha value is -2.07. The van der Waals surface area contributed by atoms with Crippen molar-refractivity contribution in [2.75, 3.05) is 6.54 Å². The number of hydrogen-bond acceptors (Lipinski definition) is 2. The molecule has 1 N–H and O–H groups in total. The standard InChI is InChI=1S/C16H18N2O2/c1-11-8-9-14-15(19)10-17(16(20)18(11)14)12(2)13-6-4-3-5-7-13/h3-9,12,15,19H,10H2,1-2H3/t12-,15+/m1/s1. The van der Waals surface area contributed by atoms with Gasteiger partial charge in [0.1, 0.15) is 6.10 Å². The largest absolute Gasteiger partial charge is 0.385 e. The number of carbonyl (C=O) groups excluding carboxylic acids is 1. The number of fused-ring (bicyclic) bond motifs is 1. The van der Waals surface area contributed by atoms with Gasteiger partial charge < -0.3 is 10.0 Å². The molecule has 1 aromatic heterocycles. The summed E-state index contributed by atoms with van der Waals surface area (Å²) < 4.78 is 1.60. The van der Waals surface area contributed by atoms with Crippen molar-refractivity contribution in [3.63, 3.8) is 0 Å². The van der Waals surface area contributed by atoms with Crippen molar-refractivity contribution in [2.45, 2.75) is 26.0 Å². The molecule has 0 spiro atoms. The molecule has 0 fully saturated rings. The first-order valence-electron chi connectivity index (χ1n) is 6.82. The molecule has 0 saturated carbocycles. The van der Waals surface area contributed by atoms with Gasteiger partial charge in [0.2, 0.25) is 0 Å². The SMILES string of the molecule is Cc1ccc2n1C(=O)N([C@H](C)c1ccccc1)C[C@@H]2O. The smallest absolute Gasteiger partial charge is 0.329 e. The topological polar surface area (TPSA) is 45.5 Å². The van der Waals surface area contributed by atoms with E-state index in [1.54, 1.807) is 9.47 Å². The number of rotatable bonds is 2. The summed E-state index contributed by atoms with van der Waals surface area (Å²) in [6.45, 7) is 4.20. The van der Waals surface area contributed by atoms with E-state index in [0.717, 1.165) is 11.3 Å². The summed E-state index contributed by atoms with van der Waals surface area (Å²) in [4.78, 5) is 14.4. The number of hydrogen-bond donors (Lipinski definition) is 1. The molecule has 0 saturated heterocycles. The van der Waals surface area contributed by atoms with Crippen LogP contribution in [0.2, 0.25) is 0 Å². The molecule has 0 unspecified atom stereocenters. The molecule has 2 aromatic rings. The quantitative estimate of drug-likeness (QED) is 0.912. The number of aliphatic hydroxyl groups is 1. The number of benzene rings is 1. The lowest BCUT2D eigenvalue weighted by molar-refractivity contribution is 0.0833. The molecule has 0 aliphatic carbocycles. The van der Waals surface area contributed by atoms with E-state index in [1.807, 2.05) is 56.3 Å². The van der Waals surface area contributed by atoms with Crippen molar-refractivity contribution in [1.82, 2.24) is 9.47 Å². The van der Waals surface area contributed by atoms with Gasteiger partial charge in [-0.05, 0) is 31.5 Å². The summed E-state index contributed by atoms with van der Waals surface area (Å²) in [7, 11) is 0. The van der Waals surface area contributed by atoms with Crippen LogP contribution in [0.15, 0.2) is 42.5 Å². The first-order chi connectivity index (χ1) is 9.59. The molecule has 3 rings (SSSR count). The van der Waals surface area contributed by atoms with Gasteiger partial charge in [-0.3, -0.25) is 4.57 Å². The molecule has 1 aliphatic rings. The van der Waals surface area contributed by atoms with Crippen molar-refractivity contribution < 1.29 is 9.90 Å². The lowest BCUT2D eigenvalue weighted by Gasteiger charge is -2.36. The highest BCUT2D eigenvalue weighted by atomic mass is 16.3. The van der Waals surface area contributed by atoms with Gasteiger partial charge >= 0.3 is 6.03 Å². The lowest BCUT2D eigenvalue weighted by Crippen LogP contribution is -2.45. The molecule has 20 heavy (non-hydrogen) atoms. The minimum Gasteiger partial charge on any atom is -0.385 e. The summed E-state index contributed by atoms with van der Waals surface area (Å²) in [6.07, 6.45) is -0.632. The highest BCUT2D eigenvalue weighted by Crippen LogP contribution is 2.30. The third kappa shape index (κ3) is 1.93. The molecule has 104 valence electrons. The number of aryl methyl sites for hydroxylation is 1. The molecule has 1 amide bonds. The summed E-state index contributed by atoms with van der Waals surface area (Å²) in [5.74, 6) is 0. The minimum absolute atomic E-state index is 0.0618. The predicted molar refractivity (Wildman–Crippen MR) is 76.5 cm³/mol. The van der Waals surface area contributed by atoms with Crippen LogP contribution in [0.5, 0.6) is 0 Å². The molecule has 1 aliphatic heterocycles. The zero-order chi connectivity index (χ0) is 14.3. The first-order valence-corrected chi connectivity index (χ1v) is 6.82. The predicted octanol–water partition coefficient (Wildman–Crippen LogP) is 2.87. The fourth-order valence-corrected chi connectivity index (χ4v) is 2.80. The van der Waals surface area contributed by atoms with E-state index < -0.39 is 6.10 Å². The van der Waals surface area contributed by atoms with E-state index in [-0.39, 0.29) is 12.1 Å². The van der Waals surface area contributed by atoms with Crippen LogP contribution in [-0.4, -0.2) is 27.1 Å². The van der Waals surface area contributed by atoms with Gasteiger partial charge in [0, 0.05) is 5.69 Å². The van der Waals surface area contributed by atoms with Crippen molar-refractivity contribution >= 4 is 6.03 Å². The second kappa shape index (κ2) is 4.80. The molecule has 0 bridgehead atoms. The van der Waals surface area contributed by atoms with Gasteiger partial charge in [-0.25, -0.2) is 4.79 Å². The number of aromatic nitrogens is 1.